The van der Waals surface area contributed by atoms with Crippen molar-refractivity contribution in [2.24, 2.45) is 0 Å². The van der Waals surface area contributed by atoms with Gasteiger partial charge in [-0.3, -0.25) is 9.89 Å². The van der Waals surface area contributed by atoms with Crippen molar-refractivity contribution in [3.05, 3.63) is 59.2 Å². The average molecular weight is 446 g/mol. The van der Waals surface area contributed by atoms with Gasteiger partial charge in [-0.05, 0) is 47.9 Å². The molecule has 0 saturated heterocycles. The number of halogens is 2. The SMILES string of the molecule is CCCC(=O)Nc1n[nH]c2cc(C(OCC[Si](C)(C)C)c3cc(F)cc(F)c3)ccc12. The number of hydrogen-bond acceptors (Lipinski definition) is 3. The zero-order chi connectivity index (χ0) is 22.6. The van der Waals surface area contributed by atoms with Gasteiger partial charge in [0.15, 0.2) is 5.82 Å². The monoisotopic (exact) mass is 445 g/mol. The van der Waals surface area contributed by atoms with Crippen molar-refractivity contribution >= 4 is 30.7 Å². The van der Waals surface area contributed by atoms with Crippen LogP contribution in [0.3, 0.4) is 0 Å². The minimum atomic E-state index is -1.34. The van der Waals surface area contributed by atoms with Crippen molar-refractivity contribution < 1.29 is 18.3 Å². The zero-order valence-electron chi connectivity index (χ0n) is 18.4. The number of ether oxygens (including phenoxy) is 1. The number of aromatic nitrogens is 2. The smallest absolute Gasteiger partial charge is 0.225 e. The minimum absolute atomic E-state index is 0.0947. The van der Waals surface area contributed by atoms with Gasteiger partial charge in [0, 0.05) is 32.6 Å². The minimum Gasteiger partial charge on any atom is -0.369 e. The topological polar surface area (TPSA) is 67.0 Å². The molecule has 8 heteroatoms. The Morgan fingerprint density at radius 3 is 2.48 bits per heavy atom. The molecule has 5 nitrogen and oxygen atoms in total. The summed E-state index contributed by atoms with van der Waals surface area (Å²) in [4.78, 5) is 11.9. The zero-order valence-corrected chi connectivity index (χ0v) is 19.4. The maximum absolute atomic E-state index is 13.9. The molecule has 0 aliphatic heterocycles. The lowest BCUT2D eigenvalue weighted by Crippen LogP contribution is -2.22. The van der Waals surface area contributed by atoms with E-state index in [1.165, 1.54) is 12.1 Å². The first-order valence-corrected chi connectivity index (χ1v) is 14.2. The van der Waals surface area contributed by atoms with Gasteiger partial charge in [0.1, 0.15) is 17.7 Å². The van der Waals surface area contributed by atoms with Gasteiger partial charge >= 0.3 is 0 Å². The summed E-state index contributed by atoms with van der Waals surface area (Å²) in [5.41, 5.74) is 1.88. The Labute approximate surface area is 182 Å². The second kappa shape index (κ2) is 9.70. The summed E-state index contributed by atoms with van der Waals surface area (Å²) >= 11 is 0. The molecule has 1 heterocycles. The van der Waals surface area contributed by atoms with Gasteiger partial charge in [-0.15, -0.1) is 0 Å². The molecule has 1 unspecified atom stereocenters. The van der Waals surface area contributed by atoms with Crippen LogP contribution >= 0.6 is 0 Å². The van der Waals surface area contributed by atoms with Crippen LogP contribution in [0, 0.1) is 11.6 Å². The second-order valence-electron chi connectivity index (χ2n) is 8.94. The quantitative estimate of drug-likeness (QED) is 0.396. The molecule has 166 valence electrons. The summed E-state index contributed by atoms with van der Waals surface area (Å²) in [7, 11) is -1.34. The molecule has 3 rings (SSSR count). The lowest BCUT2D eigenvalue weighted by molar-refractivity contribution is -0.116. The second-order valence-corrected chi connectivity index (χ2v) is 14.6. The van der Waals surface area contributed by atoms with Gasteiger partial charge in [0.2, 0.25) is 5.91 Å². The predicted octanol–water partition coefficient (Wildman–Crippen LogP) is 6.02. The number of nitrogens with one attached hydrogen (secondary N) is 2. The van der Waals surface area contributed by atoms with Crippen LogP contribution in [0.2, 0.25) is 25.7 Å². The van der Waals surface area contributed by atoms with Crippen LogP contribution in [-0.2, 0) is 9.53 Å². The fraction of sp³-hybridized carbons (Fsp3) is 0.391. The molecule has 1 amide bonds. The van der Waals surface area contributed by atoms with Crippen molar-refractivity contribution in [1.29, 1.82) is 0 Å². The molecule has 0 aliphatic carbocycles. The van der Waals surface area contributed by atoms with Crippen LogP contribution in [0.4, 0.5) is 14.6 Å². The van der Waals surface area contributed by atoms with Crippen LogP contribution < -0.4 is 5.32 Å². The fourth-order valence-electron chi connectivity index (χ4n) is 3.31. The molecule has 0 bridgehead atoms. The van der Waals surface area contributed by atoms with Gasteiger partial charge in [0.25, 0.3) is 0 Å². The number of amides is 1. The number of carbonyl (C=O) groups is 1. The number of rotatable bonds is 9. The highest BCUT2D eigenvalue weighted by atomic mass is 28.3. The normalized spacial score (nSPS) is 12.8. The molecule has 2 aromatic carbocycles. The number of nitrogens with zero attached hydrogens (tertiary/aromatic N) is 1. The summed E-state index contributed by atoms with van der Waals surface area (Å²) in [5.74, 6) is -0.912. The summed E-state index contributed by atoms with van der Waals surface area (Å²) in [6.45, 7) is 9.18. The van der Waals surface area contributed by atoms with Gasteiger partial charge in [0.05, 0.1) is 5.52 Å². The summed E-state index contributed by atoms with van der Waals surface area (Å²) in [6, 6.07) is 9.91. The third-order valence-electron chi connectivity index (χ3n) is 4.95. The standard InChI is InChI=1S/C23H29F2N3O2Si/c1-5-6-21(29)26-23-19-8-7-15(13-20(19)27-28-23)22(30-9-10-31(2,3)4)16-11-17(24)14-18(25)12-16/h7-8,11-14,22H,5-6,9-10H2,1-4H3,(H2,26,27,28,29). The van der Waals surface area contributed by atoms with Gasteiger partial charge in [-0.2, -0.15) is 5.10 Å². The number of aromatic amines is 1. The summed E-state index contributed by atoms with van der Waals surface area (Å²) in [5, 5.41) is 10.7. The Hall–Kier alpha value is -2.58. The van der Waals surface area contributed by atoms with Crippen LogP contribution in [0.1, 0.15) is 37.0 Å². The van der Waals surface area contributed by atoms with E-state index in [9.17, 15) is 13.6 Å². The molecule has 0 radical (unpaired) electrons. The molecule has 3 aromatic rings. The van der Waals surface area contributed by atoms with Crippen molar-refractivity contribution in [2.75, 3.05) is 11.9 Å². The number of benzene rings is 2. The first kappa shape index (κ1) is 23.1. The van der Waals surface area contributed by atoms with Crippen molar-refractivity contribution in [3.8, 4) is 0 Å². The Kier molecular flexibility index (Phi) is 7.22. The first-order chi connectivity index (χ1) is 14.7. The lowest BCUT2D eigenvalue weighted by Gasteiger charge is -2.22. The molecular formula is C23H29F2N3O2Si. The largest absolute Gasteiger partial charge is 0.369 e. The van der Waals surface area contributed by atoms with E-state index in [1.54, 1.807) is 0 Å². The molecule has 0 saturated carbocycles. The van der Waals surface area contributed by atoms with E-state index in [-0.39, 0.29) is 5.91 Å². The van der Waals surface area contributed by atoms with Crippen LogP contribution in [-0.4, -0.2) is 30.8 Å². The number of anilines is 1. The Bertz CT molecular complexity index is 1040. The molecule has 0 aliphatic rings. The molecule has 1 atom stereocenters. The van der Waals surface area contributed by atoms with Crippen molar-refractivity contribution in [1.82, 2.24) is 10.2 Å². The van der Waals surface area contributed by atoms with Gasteiger partial charge in [-0.25, -0.2) is 8.78 Å². The fourth-order valence-corrected chi connectivity index (χ4v) is 4.04. The number of H-pyrrole nitrogens is 1. The van der Waals surface area contributed by atoms with Crippen LogP contribution in [0.25, 0.3) is 10.9 Å². The van der Waals surface area contributed by atoms with Gasteiger partial charge < -0.3 is 10.1 Å². The van der Waals surface area contributed by atoms with Crippen molar-refractivity contribution in [2.45, 2.75) is 51.6 Å². The van der Waals surface area contributed by atoms with Crippen LogP contribution in [0.5, 0.6) is 0 Å². The summed E-state index contributed by atoms with van der Waals surface area (Å²) in [6.07, 6.45) is 0.552. The third-order valence-corrected chi connectivity index (χ3v) is 6.65. The van der Waals surface area contributed by atoms with E-state index in [2.05, 4.69) is 35.2 Å². The van der Waals surface area contributed by atoms with E-state index in [1.807, 2.05) is 25.1 Å². The Morgan fingerprint density at radius 1 is 1.13 bits per heavy atom. The summed E-state index contributed by atoms with van der Waals surface area (Å²) < 4.78 is 34.0. The van der Waals surface area contributed by atoms with E-state index in [4.69, 9.17) is 4.74 Å². The highest BCUT2D eigenvalue weighted by Crippen LogP contribution is 2.31. The number of fused-ring (bicyclic) bond motifs is 1. The van der Waals surface area contributed by atoms with Gasteiger partial charge in [-0.1, -0.05) is 32.6 Å². The van der Waals surface area contributed by atoms with E-state index < -0.39 is 25.8 Å². The highest BCUT2D eigenvalue weighted by Gasteiger charge is 2.21. The third kappa shape index (κ3) is 6.21. The molecule has 2 N–H and O–H groups in total. The van der Waals surface area contributed by atoms with E-state index >= 15 is 0 Å². The molecule has 31 heavy (non-hydrogen) atoms. The number of carbonyl (C=O) groups excluding carboxylic acids is 1. The molecule has 0 fully saturated rings. The Balaban J connectivity index is 1.93. The van der Waals surface area contributed by atoms with Crippen molar-refractivity contribution in [3.63, 3.8) is 0 Å². The maximum atomic E-state index is 13.9. The first-order valence-electron chi connectivity index (χ1n) is 10.5. The average Bonchev–Trinajstić information content (AvgIpc) is 3.05. The number of hydrogen-bond donors (Lipinski definition) is 2. The van der Waals surface area contributed by atoms with Crippen LogP contribution in [0.15, 0.2) is 36.4 Å². The lowest BCUT2D eigenvalue weighted by atomic mass is 10.00. The predicted molar refractivity (Wildman–Crippen MR) is 122 cm³/mol. The molecule has 1 aromatic heterocycles. The molecular weight excluding hydrogens is 416 g/mol. The van der Waals surface area contributed by atoms with E-state index in [0.717, 1.165) is 29.5 Å². The Morgan fingerprint density at radius 2 is 1.84 bits per heavy atom. The van der Waals surface area contributed by atoms with E-state index in [0.29, 0.717) is 29.9 Å². The maximum Gasteiger partial charge on any atom is 0.225 e. The molecule has 0 spiro atoms. The highest BCUT2D eigenvalue weighted by molar-refractivity contribution is 6.76.